The summed E-state index contributed by atoms with van der Waals surface area (Å²) in [5, 5.41) is 2.70. The van der Waals surface area contributed by atoms with Gasteiger partial charge in [-0.3, -0.25) is 9.59 Å². The Hall–Kier alpha value is -3.15. The fourth-order valence-corrected chi connectivity index (χ4v) is 2.43. The van der Waals surface area contributed by atoms with E-state index in [1.165, 1.54) is 14.2 Å². The van der Waals surface area contributed by atoms with Crippen LogP contribution in [0.15, 0.2) is 42.5 Å². The van der Waals surface area contributed by atoms with Crippen LogP contribution >= 0.6 is 0 Å². The summed E-state index contributed by atoms with van der Waals surface area (Å²) in [6, 6.07) is 11.7. The maximum atomic E-state index is 12.4. The number of amides is 1. The summed E-state index contributed by atoms with van der Waals surface area (Å²) in [7, 11) is 2.81. The van der Waals surface area contributed by atoms with E-state index in [-0.39, 0.29) is 24.5 Å². The normalized spacial score (nSPS) is 10.1. The first-order valence-electron chi connectivity index (χ1n) is 8.10. The lowest BCUT2D eigenvalue weighted by Crippen LogP contribution is -2.14. The molecule has 1 amide bonds. The zero-order valence-corrected chi connectivity index (χ0v) is 15.0. The summed E-state index contributed by atoms with van der Waals surface area (Å²) < 4.78 is 9.82. The minimum Gasteiger partial charge on any atom is -0.496 e. The highest BCUT2D eigenvalue weighted by molar-refractivity contribution is 6.02. The number of methoxy groups -OCH3 is 2. The molecule has 0 aliphatic carbocycles. The van der Waals surface area contributed by atoms with Crippen LogP contribution in [0.5, 0.6) is 5.75 Å². The van der Waals surface area contributed by atoms with Crippen LogP contribution < -0.4 is 10.1 Å². The second-order valence-corrected chi connectivity index (χ2v) is 5.74. The molecule has 0 spiro atoms. The number of hydrogen-bond acceptors (Lipinski definition) is 5. The van der Waals surface area contributed by atoms with Crippen LogP contribution in [0.25, 0.3) is 0 Å². The molecule has 0 bridgehead atoms. The van der Waals surface area contributed by atoms with Gasteiger partial charge in [-0.05, 0) is 43.3 Å². The van der Waals surface area contributed by atoms with Gasteiger partial charge in [0, 0.05) is 18.5 Å². The standard InChI is InChI=1S/C20H21NO5/c1-13-4-10-18(25-2)16(12-13)17(22)9-11-19(23)21-15-7-5-14(6-8-15)20(24)26-3/h4-8,10,12H,9,11H2,1-3H3,(H,21,23). The molecule has 6 nitrogen and oxygen atoms in total. The molecule has 0 radical (unpaired) electrons. The first-order valence-corrected chi connectivity index (χ1v) is 8.10. The summed E-state index contributed by atoms with van der Waals surface area (Å²) in [5.74, 6) is -0.377. The Morgan fingerprint density at radius 1 is 0.962 bits per heavy atom. The van der Waals surface area contributed by atoms with Crippen molar-refractivity contribution in [3.8, 4) is 5.75 Å². The number of anilines is 1. The molecule has 0 aliphatic rings. The van der Waals surface area contributed by atoms with E-state index in [1.807, 2.05) is 13.0 Å². The van der Waals surface area contributed by atoms with E-state index in [2.05, 4.69) is 10.1 Å². The minimum absolute atomic E-state index is 0.0503. The molecule has 2 aromatic rings. The van der Waals surface area contributed by atoms with Crippen molar-refractivity contribution in [2.45, 2.75) is 19.8 Å². The molecule has 6 heteroatoms. The average molecular weight is 355 g/mol. The molecule has 0 saturated heterocycles. The van der Waals surface area contributed by atoms with Gasteiger partial charge in [-0.15, -0.1) is 0 Å². The number of Topliss-reactive ketones (excluding diaryl/α,β-unsaturated/α-hetero) is 1. The van der Waals surface area contributed by atoms with Crippen LogP contribution in [0.1, 0.15) is 39.1 Å². The molecule has 0 unspecified atom stereocenters. The van der Waals surface area contributed by atoms with E-state index in [4.69, 9.17) is 4.74 Å². The van der Waals surface area contributed by atoms with Crippen LogP contribution in [0.2, 0.25) is 0 Å². The fraction of sp³-hybridized carbons (Fsp3) is 0.250. The molecule has 1 N–H and O–H groups in total. The lowest BCUT2D eigenvalue weighted by molar-refractivity contribution is -0.116. The lowest BCUT2D eigenvalue weighted by Gasteiger charge is -2.09. The summed E-state index contributed by atoms with van der Waals surface area (Å²) >= 11 is 0. The van der Waals surface area contributed by atoms with Crippen LogP contribution in [0, 0.1) is 6.92 Å². The van der Waals surface area contributed by atoms with Gasteiger partial charge in [0.2, 0.25) is 5.91 Å². The molecule has 26 heavy (non-hydrogen) atoms. The third kappa shape index (κ3) is 4.92. The topological polar surface area (TPSA) is 81.7 Å². The first kappa shape index (κ1) is 19.2. The molecule has 0 saturated carbocycles. The molecule has 0 aromatic heterocycles. The average Bonchev–Trinajstić information content (AvgIpc) is 2.66. The van der Waals surface area contributed by atoms with Crippen LogP contribution in [-0.2, 0) is 9.53 Å². The zero-order chi connectivity index (χ0) is 19.1. The maximum absolute atomic E-state index is 12.4. The number of aryl methyl sites for hydroxylation is 1. The van der Waals surface area contributed by atoms with Gasteiger partial charge in [-0.1, -0.05) is 11.6 Å². The molecular formula is C20H21NO5. The van der Waals surface area contributed by atoms with Crippen LogP contribution in [-0.4, -0.2) is 31.9 Å². The van der Waals surface area contributed by atoms with Gasteiger partial charge in [-0.25, -0.2) is 4.79 Å². The Morgan fingerprint density at radius 3 is 2.27 bits per heavy atom. The number of ketones is 1. The lowest BCUT2D eigenvalue weighted by atomic mass is 10.0. The Bertz CT molecular complexity index is 811. The van der Waals surface area contributed by atoms with Gasteiger partial charge in [0.15, 0.2) is 5.78 Å². The van der Waals surface area contributed by atoms with E-state index in [1.54, 1.807) is 36.4 Å². The molecule has 0 atom stereocenters. The number of carbonyl (C=O) groups excluding carboxylic acids is 3. The number of carbonyl (C=O) groups is 3. The van der Waals surface area contributed by atoms with Gasteiger partial charge < -0.3 is 14.8 Å². The Balaban J connectivity index is 1.93. The number of esters is 1. The highest BCUT2D eigenvalue weighted by atomic mass is 16.5. The zero-order valence-electron chi connectivity index (χ0n) is 15.0. The second kappa shape index (κ2) is 8.80. The van der Waals surface area contributed by atoms with E-state index in [0.717, 1.165) is 5.56 Å². The Kier molecular flexibility index (Phi) is 6.49. The third-order valence-electron chi connectivity index (χ3n) is 3.82. The number of rotatable bonds is 7. The van der Waals surface area contributed by atoms with Crippen molar-refractivity contribution in [1.82, 2.24) is 0 Å². The monoisotopic (exact) mass is 355 g/mol. The van der Waals surface area contributed by atoms with Crippen LogP contribution in [0.3, 0.4) is 0 Å². The Morgan fingerprint density at radius 2 is 1.65 bits per heavy atom. The van der Waals surface area contributed by atoms with Crippen molar-refractivity contribution in [3.63, 3.8) is 0 Å². The molecule has 0 aliphatic heterocycles. The highest BCUT2D eigenvalue weighted by Crippen LogP contribution is 2.22. The highest BCUT2D eigenvalue weighted by Gasteiger charge is 2.14. The van der Waals surface area contributed by atoms with Gasteiger partial charge in [0.25, 0.3) is 0 Å². The largest absolute Gasteiger partial charge is 0.496 e. The fourth-order valence-electron chi connectivity index (χ4n) is 2.43. The van der Waals surface area contributed by atoms with Crippen molar-refractivity contribution in [3.05, 3.63) is 59.2 Å². The Labute approximate surface area is 152 Å². The first-order chi connectivity index (χ1) is 12.4. The van der Waals surface area contributed by atoms with E-state index in [9.17, 15) is 14.4 Å². The second-order valence-electron chi connectivity index (χ2n) is 5.74. The van der Waals surface area contributed by atoms with Crippen molar-refractivity contribution in [1.29, 1.82) is 0 Å². The molecule has 0 heterocycles. The molecular weight excluding hydrogens is 334 g/mol. The number of ether oxygens (including phenoxy) is 2. The predicted octanol–water partition coefficient (Wildman–Crippen LogP) is 3.39. The van der Waals surface area contributed by atoms with Gasteiger partial charge in [-0.2, -0.15) is 0 Å². The summed E-state index contributed by atoms with van der Waals surface area (Å²) in [6.07, 6.45) is 0.126. The summed E-state index contributed by atoms with van der Waals surface area (Å²) in [4.78, 5) is 35.8. The summed E-state index contributed by atoms with van der Waals surface area (Å²) in [6.45, 7) is 1.89. The molecule has 136 valence electrons. The summed E-state index contributed by atoms with van der Waals surface area (Å²) in [5.41, 5.74) is 2.36. The maximum Gasteiger partial charge on any atom is 0.337 e. The van der Waals surface area contributed by atoms with Crippen molar-refractivity contribution >= 4 is 23.3 Å². The van der Waals surface area contributed by atoms with Crippen molar-refractivity contribution < 1.29 is 23.9 Å². The van der Waals surface area contributed by atoms with Gasteiger partial charge in [0.1, 0.15) is 5.75 Å². The van der Waals surface area contributed by atoms with E-state index in [0.29, 0.717) is 22.6 Å². The third-order valence-corrected chi connectivity index (χ3v) is 3.82. The molecule has 2 aromatic carbocycles. The number of benzene rings is 2. The molecule has 0 fully saturated rings. The van der Waals surface area contributed by atoms with Crippen molar-refractivity contribution in [2.75, 3.05) is 19.5 Å². The molecule has 2 rings (SSSR count). The van der Waals surface area contributed by atoms with Crippen LogP contribution in [0.4, 0.5) is 5.69 Å². The quantitative estimate of drug-likeness (QED) is 0.608. The van der Waals surface area contributed by atoms with E-state index >= 15 is 0 Å². The predicted molar refractivity (Wildman–Crippen MR) is 97.7 cm³/mol. The van der Waals surface area contributed by atoms with Gasteiger partial charge >= 0.3 is 5.97 Å². The number of nitrogens with one attached hydrogen (secondary N) is 1. The minimum atomic E-state index is -0.444. The van der Waals surface area contributed by atoms with Crippen molar-refractivity contribution in [2.24, 2.45) is 0 Å². The van der Waals surface area contributed by atoms with E-state index < -0.39 is 5.97 Å². The smallest absolute Gasteiger partial charge is 0.337 e. The number of hydrogen-bond donors (Lipinski definition) is 1. The SMILES string of the molecule is COC(=O)c1ccc(NC(=O)CCC(=O)c2cc(C)ccc2OC)cc1. The van der Waals surface area contributed by atoms with Gasteiger partial charge in [0.05, 0.1) is 25.3 Å².